The molecule has 0 radical (unpaired) electrons. The second kappa shape index (κ2) is 5.86. The van der Waals surface area contributed by atoms with E-state index < -0.39 is 0 Å². The van der Waals surface area contributed by atoms with E-state index in [0.29, 0.717) is 12.1 Å². The molecule has 3 rings (SSSR count). The largest absolute Gasteiger partial charge is 0.307 e. The first-order valence-corrected chi connectivity index (χ1v) is 8.39. The molecule has 2 nitrogen and oxygen atoms in total. The van der Waals surface area contributed by atoms with Crippen molar-refractivity contribution in [2.75, 3.05) is 25.9 Å². The Bertz CT molecular complexity index is 435. The topological polar surface area (TPSA) is 15.3 Å². The fraction of sp³-hybridized carbons (Fsp3) is 0.625. The van der Waals surface area contributed by atoms with E-state index in [-0.39, 0.29) is 0 Å². The van der Waals surface area contributed by atoms with Crippen molar-refractivity contribution in [3.63, 3.8) is 0 Å². The molecule has 1 N–H and O–H groups in total. The first-order valence-electron chi connectivity index (χ1n) is 7.40. The van der Waals surface area contributed by atoms with Crippen molar-refractivity contribution in [1.29, 1.82) is 0 Å². The monoisotopic (exact) mass is 276 g/mol. The molecule has 1 aromatic rings. The Morgan fingerprint density at radius 1 is 1.26 bits per heavy atom. The Morgan fingerprint density at radius 3 is 2.95 bits per heavy atom. The lowest BCUT2D eigenvalue weighted by Gasteiger charge is -2.38. The van der Waals surface area contributed by atoms with Crippen LogP contribution in [0.5, 0.6) is 0 Å². The molecule has 3 heteroatoms. The molecule has 0 bridgehead atoms. The van der Waals surface area contributed by atoms with Crippen molar-refractivity contribution in [1.82, 2.24) is 10.2 Å². The molecule has 19 heavy (non-hydrogen) atoms. The summed E-state index contributed by atoms with van der Waals surface area (Å²) in [6.07, 6.45) is 2.55. The first kappa shape index (κ1) is 13.5. The fourth-order valence-corrected chi connectivity index (χ4v) is 4.50. The van der Waals surface area contributed by atoms with E-state index >= 15 is 0 Å². The van der Waals surface area contributed by atoms with Gasteiger partial charge in [-0.25, -0.2) is 0 Å². The number of nitrogens with one attached hydrogen (secondary N) is 1. The summed E-state index contributed by atoms with van der Waals surface area (Å²) < 4.78 is 0. The van der Waals surface area contributed by atoms with Crippen LogP contribution in [-0.2, 0) is 0 Å². The SMILES string of the molecule is CC1CN(C)CCC1NC1CCSc2ccccc21. The number of hydrogen-bond acceptors (Lipinski definition) is 3. The quantitative estimate of drug-likeness (QED) is 0.893. The molecule has 0 aromatic heterocycles. The number of benzene rings is 1. The van der Waals surface area contributed by atoms with Crippen LogP contribution in [0.25, 0.3) is 0 Å². The Labute approximate surface area is 121 Å². The smallest absolute Gasteiger partial charge is 0.0341 e. The van der Waals surface area contributed by atoms with Gasteiger partial charge in [0.2, 0.25) is 0 Å². The van der Waals surface area contributed by atoms with Gasteiger partial charge >= 0.3 is 0 Å². The lowest BCUT2D eigenvalue weighted by molar-refractivity contribution is 0.165. The summed E-state index contributed by atoms with van der Waals surface area (Å²) in [5, 5.41) is 3.94. The summed E-state index contributed by atoms with van der Waals surface area (Å²) in [6.45, 7) is 4.84. The molecule has 3 unspecified atom stereocenters. The highest BCUT2D eigenvalue weighted by molar-refractivity contribution is 7.99. The normalized spacial score (nSPS) is 32.0. The van der Waals surface area contributed by atoms with Gasteiger partial charge in [0.15, 0.2) is 0 Å². The van der Waals surface area contributed by atoms with Gasteiger partial charge < -0.3 is 10.2 Å². The molecular formula is C16H24N2S. The number of piperidine rings is 1. The standard InChI is InChI=1S/C16H24N2S/c1-12-11-18(2)9-7-14(12)17-15-8-10-19-16-6-4-3-5-13(15)16/h3-6,12,14-15,17H,7-11H2,1-2H3. The number of rotatable bonds is 2. The Hall–Kier alpha value is -0.510. The molecule has 3 atom stereocenters. The van der Waals surface area contributed by atoms with Crippen molar-refractivity contribution in [2.45, 2.75) is 36.7 Å². The first-order chi connectivity index (χ1) is 9.24. The Morgan fingerprint density at radius 2 is 2.11 bits per heavy atom. The summed E-state index contributed by atoms with van der Waals surface area (Å²) in [4.78, 5) is 3.93. The van der Waals surface area contributed by atoms with Gasteiger partial charge in [-0.1, -0.05) is 25.1 Å². The average molecular weight is 276 g/mol. The summed E-state index contributed by atoms with van der Waals surface area (Å²) in [7, 11) is 2.24. The predicted octanol–water partition coefficient (Wildman–Crippen LogP) is 3.15. The molecule has 104 valence electrons. The highest BCUT2D eigenvalue weighted by Crippen LogP contribution is 2.36. The lowest BCUT2D eigenvalue weighted by Crippen LogP contribution is -2.48. The molecule has 2 heterocycles. The summed E-state index contributed by atoms with van der Waals surface area (Å²) >= 11 is 2.01. The third-order valence-electron chi connectivity index (χ3n) is 4.48. The molecule has 2 aliphatic heterocycles. The van der Waals surface area contributed by atoms with E-state index in [1.807, 2.05) is 11.8 Å². The number of nitrogens with zero attached hydrogens (tertiary/aromatic N) is 1. The van der Waals surface area contributed by atoms with Crippen LogP contribution in [0.1, 0.15) is 31.4 Å². The van der Waals surface area contributed by atoms with Crippen molar-refractivity contribution in [3.8, 4) is 0 Å². The van der Waals surface area contributed by atoms with Crippen molar-refractivity contribution >= 4 is 11.8 Å². The number of fused-ring (bicyclic) bond motifs is 1. The van der Waals surface area contributed by atoms with Gasteiger partial charge in [0, 0.05) is 23.5 Å². The van der Waals surface area contributed by atoms with E-state index in [2.05, 4.69) is 48.5 Å². The van der Waals surface area contributed by atoms with Crippen LogP contribution < -0.4 is 5.32 Å². The van der Waals surface area contributed by atoms with Crippen LogP contribution in [0, 0.1) is 5.92 Å². The third kappa shape index (κ3) is 2.99. The molecule has 1 fully saturated rings. The van der Waals surface area contributed by atoms with Gasteiger partial charge in [0.1, 0.15) is 0 Å². The zero-order chi connectivity index (χ0) is 13.2. The maximum atomic E-state index is 3.94. The van der Waals surface area contributed by atoms with Crippen LogP contribution in [0.4, 0.5) is 0 Å². The number of thioether (sulfide) groups is 1. The van der Waals surface area contributed by atoms with E-state index in [1.54, 1.807) is 0 Å². The van der Waals surface area contributed by atoms with E-state index in [0.717, 1.165) is 5.92 Å². The predicted molar refractivity (Wildman–Crippen MR) is 82.7 cm³/mol. The van der Waals surface area contributed by atoms with Crippen LogP contribution in [-0.4, -0.2) is 36.8 Å². The van der Waals surface area contributed by atoms with E-state index in [9.17, 15) is 0 Å². The van der Waals surface area contributed by atoms with Crippen LogP contribution in [0.3, 0.4) is 0 Å². The summed E-state index contributed by atoms with van der Waals surface area (Å²) in [5.41, 5.74) is 1.52. The molecule has 1 aromatic carbocycles. The molecule has 0 spiro atoms. The van der Waals surface area contributed by atoms with Crippen LogP contribution in [0.15, 0.2) is 29.2 Å². The average Bonchev–Trinajstić information content (AvgIpc) is 2.42. The third-order valence-corrected chi connectivity index (χ3v) is 5.60. The zero-order valence-corrected chi connectivity index (χ0v) is 12.7. The maximum absolute atomic E-state index is 3.94. The van der Waals surface area contributed by atoms with E-state index in [4.69, 9.17) is 0 Å². The second-order valence-corrected chi connectivity index (χ2v) is 7.17. The van der Waals surface area contributed by atoms with Gasteiger partial charge in [-0.15, -0.1) is 11.8 Å². The number of likely N-dealkylation sites (tertiary alicyclic amines) is 1. The molecule has 2 aliphatic rings. The minimum Gasteiger partial charge on any atom is -0.307 e. The van der Waals surface area contributed by atoms with Crippen LogP contribution >= 0.6 is 11.8 Å². The molecule has 1 saturated heterocycles. The summed E-state index contributed by atoms with van der Waals surface area (Å²) in [6, 6.07) is 10.2. The Kier molecular flexibility index (Phi) is 4.15. The van der Waals surface area contributed by atoms with Gasteiger partial charge in [-0.3, -0.25) is 0 Å². The van der Waals surface area contributed by atoms with Crippen LogP contribution in [0.2, 0.25) is 0 Å². The lowest BCUT2D eigenvalue weighted by atomic mass is 9.92. The molecule has 0 amide bonds. The summed E-state index contributed by atoms with van der Waals surface area (Å²) in [5.74, 6) is 2.00. The van der Waals surface area contributed by atoms with Gasteiger partial charge in [-0.2, -0.15) is 0 Å². The second-order valence-electron chi connectivity index (χ2n) is 6.03. The Balaban J connectivity index is 1.71. The van der Waals surface area contributed by atoms with Gasteiger partial charge in [-0.05, 0) is 49.7 Å². The molecule has 0 saturated carbocycles. The highest BCUT2D eigenvalue weighted by atomic mass is 32.2. The number of hydrogen-bond donors (Lipinski definition) is 1. The van der Waals surface area contributed by atoms with E-state index in [1.165, 1.54) is 42.1 Å². The fourth-order valence-electron chi connectivity index (χ4n) is 3.38. The molecule has 0 aliphatic carbocycles. The van der Waals surface area contributed by atoms with Gasteiger partial charge in [0.05, 0.1) is 0 Å². The highest BCUT2D eigenvalue weighted by Gasteiger charge is 2.28. The van der Waals surface area contributed by atoms with Crippen molar-refractivity contribution in [3.05, 3.63) is 29.8 Å². The zero-order valence-electron chi connectivity index (χ0n) is 11.9. The molecular weight excluding hydrogens is 252 g/mol. The van der Waals surface area contributed by atoms with Gasteiger partial charge in [0.25, 0.3) is 0 Å². The van der Waals surface area contributed by atoms with Crippen molar-refractivity contribution < 1.29 is 0 Å². The maximum Gasteiger partial charge on any atom is 0.0341 e. The minimum absolute atomic E-state index is 0.563. The van der Waals surface area contributed by atoms with Crippen molar-refractivity contribution in [2.24, 2.45) is 5.92 Å². The minimum atomic E-state index is 0.563.